The highest BCUT2D eigenvalue weighted by Gasteiger charge is 2.41. The number of guanidine groups is 1. The normalized spacial score (nSPS) is 25.2. The van der Waals surface area contributed by atoms with Crippen molar-refractivity contribution >= 4 is 39.0 Å². The lowest BCUT2D eigenvalue weighted by atomic mass is 9.78. The maximum atomic E-state index is 15.1. The van der Waals surface area contributed by atoms with Gasteiger partial charge in [-0.15, -0.1) is 0 Å². The maximum absolute atomic E-state index is 15.1. The van der Waals surface area contributed by atoms with E-state index in [0.29, 0.717) is 54.0 Å². The molecular formula is C34H45FN6O4S. The second-order valence-electron chi connectivity index (χ2n) is 13.5. The number of aromatic nitrogens is 1. The summed E-state index contributed by atoms with van der Waals surface area (Å²) in [7, 11) is -3.35. The molecule has 5 unspecified atom stereocenters. The van der Waals surface area contributed by atoms with Crippen molar-refractivity contribution in [1.29, 1.82) is 0 Å². The molecule has 4 aliphatic rings. The van der Waals surface area contributed by atoms with Crippen LogP contribution in [0.4, 0.5) is 15.9 Å². The van der Waals surface area contributed by atoms with Crippen LogP contribution in [0.15, 0.2) is 47.6 Å². The third-order valence-electron chi connectivity index (χ3n) is 10.1. The number of nitrogens with one attached hydrogen (secondary N) is 2. The maximum Gasteiger partial charge on any atom is 0.237 e. The number of nitrogens with zero attached hydrogens (tertiary/aromatic N) is 3. The predicted molar refractivity (Wildman–Crippen MR) is 178 cm³/mol. The number of benzene rings is 1. The molecule has 248 valence electrons. The van der Waals surface area contributed by atoms with E-state index in [1.165, 1.54) is 29.0 Å². The summed E-state index contributed by atoms with van der Waals surface area (Å²) in [4.78, 5) is 23.2. The summed E-state index contributed by atoms with van der Waals surface area (Å²) in [6.45, 7) is 7.34. The van der Waals surface area contributed by atoms with Crippen molar-refractivity contribution in [2.75, 3.05) is 18.0 Å². The highest BCUT2D eigenvalue weighted by molar-refractivity contribution is 7.89. The van der Waals surface area contributed by atoms with Gasteiger partial charge in [-0.2, -0.15) is 9.30 Å². The largest absolute Gasteiger partial charge is 0.392 e. The standard InChI is InChI=1S/C34H45FN6O4S/c1-19(2)46(44,45)40-13-10-23(11-14-40)28-17-26-31(38-34(36)39-32(26)37-28)25-6-5-7-29(27(25)18-42)41-15-12-24(16-20(3)22-8-9-22)30(21(4)35)33(41)43/h5-7,10,12,15,17,19-22,24,30-31,37,42H,8-9,11,13-14,16,18H2,1-4H3,(H3,36,38,39). The summed E-state index contributed by atoms with van der Waals surface area (Å²) < 4.78 is 41.9. The highest BCUT2D eigenvalue weighted by Crippen LogP contribution is 2.44. The van der Waals surface area contributed by atoms with Crippen LogP contribution in [0.25, 0.3) is 5.57 Å². The Morgan fingerprint density at radius 2 is 1.93 bits per heavy atom. The van der Waals surface area contributed by atoms with Crippen LogP contribution in [-0.4, -0.2) is 59.2 Å². The first-order valence-corrected chi connectivity index (χ1v) is 17.8. The van der Waals surface area contributed by atoms with Crippen LogP contribution < -0.4 is 16.0 Å². The number of carbonyl (C=O) groups excluding carboxylic acids is 1. The Morgan fingerprint density at radius 1 is 1.17 bits per heavy atom. The molecule has 1 amide bonds. The van der Waals surface area contributed by atoms with Gasteiger partial charge in [0, 0.05) is 36.1 Å². The monoisotopic (exact) mass is 652 g/mol. The number of aromatic amines is 1. The zero-order valence-electron chi connectivity index (χ0n) is 26.9. The number of anilines is 1. The van der Waals surface area contributed by atoms with E-state index in [4.69, 9.17) is 5.73 Å². The van der Waals surface area contributed by atoms with E-state index in [-0.39, 0.29) is 24.4 Å². The number of hydrogen-bond acceptors (Lipinski definition) is 7. The number of aliphatic imine (C=N–C) groups is 1. The van der Waals surface area contributed by atoms with E-state index >= 15 is 4.39 Å². The van der Waals surface area contributed by atoms with Gasteiger partial charge in [-0.1, -0.05) is 31.2 Å². The number of sulfonamides is 1. The van der Waals surface area contributed by atoms with Crippen molar-refractivity contribution in [1.82, 2.24) is 14.6 Å². The van der Waals surface area contributed by atoms with Crippen molar-refractivity contribution in [2.24, 2.45) is 34.4 Å². The van der Waals surface area contributed by atoms with Crippen LogP contribution in [0.3, 0.4) is 0 Å². The number of halogens is 1. The highest BCUT2D eigenvalue weighted by atomic mass is 32.2. The fourth-order valence-electron chi connectivity index (χ4n) is 7.24. The van der Waals surface area contributed by atoms with Crippen LogP contribution in [0.5, 0.6) is 0 Å². The molecule has 4 heterocycles. The second-order valence-corrected chi connectivity index (χ2v) is 16.0. The van der Waals surface area contributed by atoms with Gasteiger partial charge in [-0.3, -0.25) is 9.69 Å². The van der Waals surface area contributed by atoms with Crippen LogP contribution in [0.2, 0.25) is 0 Å². The summed E-state index contributed by atoms with van der Waals surface area (Å²) >= 11 is 0. The number of amides is 1. The van der Waals surface area contributed by atoms with Crippen LogP contribution in [0.1, 0.15) is 81.8 Å². The number of alkyl halides is 1. The Labute approximate surface area is 270 Å². The van der Waals surface area contributed by atoms with E-state index < -0.39 is 33.4 Å². The first kappa shape index (κ1) is 32.5. The van der Waals surface area contributed by atoms with Gasteiger partial charge in [-0.05, 0) is 87.5 Å². The number of fused-ring (bicyclic) bond motifs is 1. The van der Waals surface area contributed by atoms with Gasteiger partial charge < -0.3 is 21.1 Å². The molecule has 3 aliphatic heterocycles. The lowest BCUT2D eigenvalue weighted by Gasteiger charge is -2.36. The zero-order valence-corrected chi connectivity index (χ0v) is 27.7. The number of nitrogens with two attached hydrogens (primary N) is 1. The Bertz CT molecular complexity index is 1690. The predicted octanol–water partition coefficient (Wildman–Crippen LogP) is 4.86. The average molecular weight is 653 g/mol. The molecule has 1 aromatic carbocycles. The van der Waals surface area contributed by atoms with Gasteiger partial charge >= 0.3 is 0 Å². The molecule has 5 N–H and O–H groups in total. The van der Waals surface area contributed by atoms with Crippen LogP contribution in [-0.2, 0) is 21.4 Å². The quantitative estimate of drug-likeness (QED) is 0.289. The van der Waals surface area contributed by atoms with Crippen LogP contribution >= 0.6 is 0 Å². The first-order valence-electron chi connectivity index (χ1n) is 16.3. The smallest absolute Gasteiger partial charge is 0.237 e. The van der Waals surface area contributed by atoms with Crippen molar-refractivity contribution in [3.05, 3.63) is 65.0 Å². The number of carbonyl (C=O) groups is 1. The molecule has 1 aromatic heterocycles. The molecule has 0 radical (unpaired) electrons. The number of allylic oxidation sites excluding steroid dienone is 1. The van der Waals surface area contributed by atoms with Gasteiger partial charge in [0.2, 0.25) is 15.9 Å². The number of aliphatic hydroxyl groups excluding tert-OH is 1. The van der Waals surface area contributed by atoms with E-state index in [2.05, 4.69) is 22.2 Å². The lowest BCUT2D eigenvalue weighted by molar-refractivity contribution is -0.125. The zero-order chi connectivity index (χ0) is 32.9. The summed E-state index contributed by atoms with van der Waals surface area (Å²) in [6.07, 6.45) is 8.02. The fourth-order valence-corrected chi connectivity index (χ4v) is 8.46. The molecular weight excluding hydrogens is 607 g/mol. The second kappa shape index (κ2) is 12.6. The van der Waals surface area contributed by atoms with Crippen LogP contribution in [0, 0.1) is 23.7 Å². The Kier molecular flexibility index (Phi) is 8.90. The molecule has 0 spiro atoms. The molecule has 10 nitrogen and oxygen atoms in total. The van der Waals surface area contributed by atoms with Gasteiger partial charge in [0.25, 0.3) is 0 Å². The van der Waals surface area contributed by atoms with Crippen molar-refractivity contribution < 1.29 is 22.7 Å². The molecule has 1 saturated carbocycles. The molecule has 46 heavy (non-hydrogen) atoms. The molecule has 12 heteroatoms. The number of hydrogen-bond donors (Lipinski definition) is 4. The van der Waals surface area contributed by atoms with Crippen molar-refractivity contribution in [2.45, 2.75) is 77.4 Å². The molecule has 1 aliphatic carbocycles. The van der Waals surface area contributed by atoms with Gasteiger partial charge in [0.1, 0.15) is 12.0 Å². The minimum Gasteiger partial charge on any atom is -0.392 e. The van der Waals surface area contributed by atoms with Crippen molar-refractivity contribution in [3.8, 4) is 0 Å². The summed E-state index contributed by atoms with van der Waals surface area (Å²) in [5.74, 6) is 0.578. The Morgan fingerprint density at radius 3 is 2.57 bits per heavy atom. The van der Waals surface area contributed by atoms with Gasteiger partial charge in [0.05, 0.1) is 29.5 Å². The average Bonchev–Trinajstić information content (AvgIpc) is 3.79. The molecule has 5 atom stereocenters. The number of H-pyrrole nitrogens is 1. The fraction of sp³-hybridized carbons (Fsp3) is 0.529. The molecule has 0 saturated heterocycles. The molecule has 2 aromatic rings. The first-order chi connectivity index (χ1) is 21.9. The van der Waals surface area contributed by atoms with E-state index in [9.17, 15) is 18.3 Å². The van der Waals surface area contributed by atoms with Gasteiger partial charge in [-0.25, -0.2) is 12.8 Å². The number of aliphatic hydroxyl groups is 1. The molecule has 1 fully saturated rings. The van der Waals surface area contributed by atoms with E-state index in [0.717, 1.165) is 23.3 Å². The van der Waals surface area contributed by atoms with E-state index in [1.807, 2.05) is 30.4 Å². The summed E-state index contributed by atoms with van der Waals surface area (Å²) in [5.41, 5.74) is 10.6. The van der Waals surface area contributed by atoms with Gasteiger partial charge in [0.15, 0.2) is 5.96 Å². The topological polar surface area (TPSA) is 144 Å². The number of rotatable bonds is 10. The lowest BCUT2D eigenvalue weighted by Crippen LogP contribution is -2.44. The third kappa shape index (κ3) is 6.02. The third-order valence-corrected chi connectivity index (χ3v) is 12.3. The SMILES string of the molecule is CC(F)C1C(=O)N(c2cccc(C3NC(N)=Nc4[nH]c(C5=CCN(S(=O)(=O)C(C)C)CC5)cc43)c2CO)C=CC1CC(C)C1CC1. The Hall–Kier alpha value is -3.48. The van der Waals surface area contributed by atoms with E-state index in [1.54, 1.807) is 26.1 Å². The summed E-state index contributed by atoms with van der Waals surface area (Å²) in [6, 6.07) is 6.97. The minimum absolute atomic E-state index is 0.177. The summed E-state index contributed by atoms with van der Waals surface area (Å²) in [5, 5.41) is 13.5. The Balaban J connectivity index is 1.31. The minimum atomic E-state index is -3.35. The van der Waals surface area contributed by atoms with Crippen molar-refractivity contribution in [3.63, 3.8) is 0 Å². The molecule has 6 rings (SSSR count). The molecule has 0 bridgehead atoms.